The lowest BCUT2D eigenvalue weighted by atomic mass is 9.94. The number of carbonyl (C=O) groups is 1. The Hall–Kier alpha value is -0.570. The van der Waals surface area contributed by atoms with E-state index in [-0.39, 0.29) is 24.0 Å². The lowest BCUT2D eigenvalue weighted by Crippen LogP contribution is -2.39. The molecule has 158 valence electrons. The molecular formula is C20H40IN5O. The second-order valence-electron chi connectivity index (χ2n) is 7.77. The van der Waals surface area contributed by atoms with E-state index in [1.54, 1.807) is 0 Å². The van der Waals surface area contributed by atoms with Gasteiger partial charge in [-0.1, -0.05) is 6.42 Å². The van der Waals surface area contributed by atoms with Crippen molar-refractivity contribution in [1.29, 1.82) is 0 Å². The third kappa shape index (κ3) is 9.96. The van der Waals surface area contributed by atoms with E-state index in [9.17, 15) is 4.79 Å². The van der Waals surface area contributed by atoms with E-state index >= 15 is 0 Å². The zero-order valence-electron chi connectivity index (χ0n) is 17.3. The van der Waals surface area contributed by atoms with Gasteiger partial charge in [0.25, 0.3) is 0 Å². The van der Waals surface area contributed by atoms with Crippen molar-refractivity contribution in [1.82, 2.24) is 20.4 Å². The topological polar surface area (TPSA) is 60.0 Å². The van der Waals surface area contributed by atoms with Crippen molar-refractivity contribution in [2.24, 2.45) is 10.9 Å². The van der Waals surface area contributed by atoms with Gasteiger partial charge in [0, 0.05) is 39.1 Å². The molecule has 0 bridgehead atoms. The number of halogens is 1. The van der Waals surface area contributed by atoms with Gasteiger partial charge < -0.3 is 20.4 Å². The van der Waals surface area contributed by atoms with Crippen LogP contribution in [-0.4, -0.2) is 74.5 Å². The summed E-state index contributed by atoms with van der Waals surface area (Å²) in [5.41, 5.74) is 0. The minimum absolute atomic E-state index is 0. The third-order valence-electron chi connectivity index (χ3n) is 5.55. The zero-order chi connectivity index (χ0) is 18.6. The second kappa shape index (κ2) is 14.4. The van der Waals surface area contributed by atoms with E-state index in [4.69, 9.17) is 0 Å². The van der Waals surface area contributed by atoms with Gasteiger partial charge in [-0.2, -0.15) is 0 Å². The normalized spacial score (nSPS) is 20.1. The van der Waals surface area contributed by atoms with Gasteiger partial charge >= 0.3 is 0 Å². The molecule has 2 heterocycles. The van der Waals surface area contributed by atoms with Crippen LogP contribution in [0.25, 0.3) is 0 Å². The first kappa shape index (κ1) is 24.5. The Morgan fingerprint density at radius 1 is 1.15 bits per heavy atom. The van der Waals surface area contributed by atoms with E-state index in [1.165, 1.54) is 38.8 Å². The molecule has 0 atom stereocenters. The molecule has 1 amide bonds. The Labute approximate surface area is 182 Å². The van der Waals surface area contributed by atoms with Gasteiger partial charge in [-0.25, -0.2) is 0 Å². The monoisotopic (exact) mass is 493 g/mol. The molecule has 0 aromatic rings. The average Bonchev–Trinajstić information content (AvgIpc) is 2.84. The summed E-state index contributed by atoms with van der Waals surface area (Å²) >= 11 is 0. The molecule has 2 rings (SSSR count). The minimum Gasteiger partial charge on any atom is -0.357 e. The zero-order valence-corrected chi connectivity index (χ0v) is 19.7. The summed E-state index contributed by atoms with van der Waals surface area (Å²) in [5, 5.41) is 6.82. The highest BCUT2D eigenvalue weighted by Crippen LogP contribution is 2.18. The highest BCUT2D eigenvalue weighted by Gasteiger charge is 2.17. The number of rotatable bonds is 8. The van der Waals surface area contributed by atoms with Crippen molar-refractivity contribution >= 4 is 35.8 Å². The smallest absolute Gasteiger partial charge is 0.222 e. The maximum atomic E-state index is 12.0. The number of hydrogen-bond donors (Lipinski definition) is 2. The van der Waals surface area contributed by atoms with Crippen molar-refractivity contribution in [3.05, 3.63) is 0 Å². The summed E-state index contributed by atoms with van der Waals surface area (Å²) in [7, 11) is 2.21. The minimum atomic E-state index is 0. The largest absolute Gasteiger partial charge is 0.357 e. The van der Waals surface area contributed by atoms with Crippen LogP contribution in [0.1, 0.15) is 58.3 Å². The van der Waals surface area contributed by atoms with E-state index in [0.717, 1.165) is 70.3 Å². The molecule has 0 aromatic heterocycles. The summed E-state index contributed by atoms with van der Waals surface area (Å²) in [6.07, 6.45) is 8.91. The fourth-order valence-corrected chi connectivity index (χ4v) is 3.81. The molecule has 2 N–H and O–H groups in total. The molecule has 2 fully saturated rings. The van der Waals surface area contributed by atoms with Gasteiger partial charge in [0.1, 0.15) is 0 Å². The fourth-order valence-electron chi connectivity index (χ4n) is 3.81. The summed E-state index contributed by atoms with van der Waals surface area (Å²) < 4.78 is 0. The first-order valence-corrected chi connectivity index (χ1v) is 10.7. The first-order valence-electron chi connectivity index (χ1n) is 10.7. The van der Waals surface area contributed by atoms with Crippen molar-refractivity contribution < 1.29 is 4.79 Å². The molecule has 2 aliphatic rings. The predicted octanol–water partition coefficient (Wildman–Crippen LogP) is 2.68. The number of hydrogen-bond acceptors (Lipinski definition) is 3. The number of carbonyl (C=O) groups excluding carboxylic acids is 1. The van der Waals surface area contributed by atoms with Crippen LogP contribution in [0, 0.1) is 5.92 Å². The molecule has 0 radical (unpaired) electrons. The number of nitrogens with one attached hydrogen (secondary N) is 2. The Kier molecular flexibility index (Phi) is 13.1. The maximum absolute atomic E-state index is 12.0. The number of piperidine rings is 1. The Balaban J connectivity index is 0.00000364. The quantitative estimate of drug-likeness (QED) is 0.236. The molecule has 27 heavy (non-hydrogen) atoms. The van der Waals surface area contributed by atoms with Crippen LogP contribution in [0.15, 0.2) is 4.99 Å². The van der Waals surface area contributed by atoms with Crippen molar-refractivity contribution in [2.45, 2.75) is 58.3 Å². The van der Waals surface area contributed by atoms with E-state index in [2.05, 4.69) is 34.5 Å². The van der Waals surface area contributed by atoms with Crippen LogP contribution in [0.4, 0.5) is 0 Å². The van der Waals surface area contributed by atoms with Gasteiger partial charge in [0.2, 0.25) is 5.91 Å². The number of guanidine groups is 1. The number of aliphatic imine (C=N–C) groups is 1. The molecular weight excluding hydrogens is 453 g/mol. The molecule has 0 aromatic carbocycles. The lowest BCUT2D eigenvalue weighted by Gasteiger charge is -2.29. The molecule has 0 saturated carbocycles. The summed E-state index contributed by atoms with van der Waals surface area (Å²) in [4.78, 5) is 21.2. The summed E-state index contributed by atoms with van der Waals surface area (Å²) in [5.74, 6) is 2.09. The van der Waals surface area contributed by atoms with Gasteiger partial charge in [-0.15, -0.1) is 24.0 Å². The highest BCUT2D eigenvalue weighted by molar-refractivity contribution is 14.0. The maximum Gasteiger partial charge on any atom is 0.222 e. The fraction of sp³-hybridized carbons (Fsp3) is 0.900. The molecule has 0 unspecified atom stereocenters. The van der Waals surface area contributed by atoms with E-state index in [0.29, 0.717) is 5.91 Å². The van der Waals surface area contributed by atoms with Crippen molar-refractivity contribution in [3.63, 3.8) is 0 Å². The molecule has 0 spiro atoms. The Morgan fingerprint density at radius 2 is 1.93 bits per heavy atom. The standard InChI is InChI=1S/C20H39N5O.HI/c1-3-21-20(23-13-9-18-10-16-24(2)17-11-18)22-12-7-15-25-14-6-4-5-8-19(25)26;/h18H,3-17H2,1-2H3,(H2,21,22,23);1H. The first-order chi connectivity index (χ1) is 12.7. The Morgan fingerprint density at radius 3 is 2.67 bits per heavy atom. The Bertz CT molecular complexity index is 438. The summed E-state index contributed by atoms with van der Waals surface area (Å²) in [6.45, 7) is 8.98. The number of amides is 1. The number of nitrogens with zero attached hydrogens (tertiary/aromatic N) is 3. The van der Waals surface area contributed by atoms with E-state index < -0.39 is 0 Å². The lowest BCUT2D eigenvalue weighted by molar-refractivity contribution is -0.130. The van der Waals surface area contributed by atoms with Crippen molar-refractivity contribution in [3.8, 4) is 0 Å². The molecule has 0 aliphatic carbocycles. The van der Waals surface area contributed by atoms with Crippen LogP contribution < -0.4 is 10.6 Å². The van der Waals surface area contributed by atoms with Gasteiger partial charge in [-0.3, -0.25) is 9.79 Å². The third-order valence-corrected chi connectivity index (χ3v) is 5.55. The summed E-state index contributed by atoms with van der Waals surface area (Å²) in [6, 6.07) is 0. The molecule has 2 aliphatic heterocycles. The van der Waals surface area contributed by atoms with Gasteiger partial charge in [0.15, 0.2) is 5.96 Å². The second-order valence-corrected chi connectivity index (χ2v) is 7.77. The number of likely N-dealkylation sites (tertiary alicyclic amines) is 2. The van der Waals surface area contributed by atoms with Crippen LogP contribution in [0.5, 0.6) is 0 Å². The van der Waals surface area contributed by atoms with Gasteiger partial charge in [0.05, 0.1) is 0 Å². The molecule has 6 nitrogen and oxygen atoms in total. The SMILES string of the molecule is CCNC(=NCCCN1CCCCCC1=O)NCCC1CCN(C)CC1.I. The predicted molar refractivity (Wildman–Crippen MR) is 124 cm³/mol. The van der Waals surface area contributed by atoms with Crippen molar-refractivity contribution in [2.75, 3.05) is 52.9 Å². The highest BCUT2D eigenvalue weighted by atomic mass is 127. The molecule has 7 heteroatoms. The molecule has 2 saturated heterocycles. The van der Waals surface area contributed by atoms with Crippen LogP contribution in [-0.2, 0) is 4.79 Å². The van der Waals surface area contributed by atoms with Crippen LogP contribution >= 0.6 is 24.0 Å². The van der Waals surface area contributed by atoms with Crippen LogP contribution in [0.3, 0.4) is 0 Å². The van der Waals surface area contributed by atoms with E-state index in [1.807, 2.05) is 4.90 Å². The van der Waals surface area contributed by atoms with Crippen LogP contribution in [0.2, 0.25) is 0 Å². The van der Waals surface area contributed by atoms with Gasteiger partial charge in [-0.05, 0) is 71.5 Å². The average molecular weight is 493 g/mol.